The molecule has 4 aromatic rings. The molecular weight excluding hydrogens is 346 g/mol. The minimum absolute atomic E-state index is 0.0442. The van der Waals surface area contributed by atoms with Crippen LogP contribution >= 0.6 is 11.6 Å². The van der Waals surface area contributed by atoms with E-state index in [0.29, 0.717) is 21.9 Å². The molecule has 0 atom stereocenters. The van der Waals surface area contributed by atoms with Gasteiger partial charge in [-0.1, -0.05) is 41.9 Å². The molecule has 0 unspecified atom stereocenters. The van der Waals surface area contributed by atoms with Gasteiger partial charge in [0.15, 0.2) is 5.75 Å². The van der Waals surface area contributed by atoms with Crippen LogP contribution in [0.25, 0.3) is 32.8 Å². The summed E-state index contributed by atoms with van der Waals surface area (Å²) in [7, 11) is 0. The molecule has 4 heteroatoms. The topological polar surface area (TPSA) is 42.4 Å². The highest BCUT2D eigenvalue weighted by Gasteiger charge is 2.20. The second kappa shape index (κ2) is 6.50. The number of ether oxygens (including phenoxy) is 1. The van der Waals surface area contributed by atoms with Gasteiger partial charge in [0, 0.05) is 22.7 Å². The standard InChI is InChI=1S/C22H18ClNO2/c1-13(2)26-22-17(12-18(23)16-8-5-11-24-21(16)22)20-15-7-4-3-6-14(15)9-10-19(20)25/h3-13,25H,1-2H3. The Morgan fingerprint density at radius 1 is 1.00 bits per heavy atom. The van der Waals surface area contributed by atoms with E-state index in [1.165, 1.54) is 0 Å². The van der Waals surface area contributed by atoms with Gasteiger partial charge in [0.05, 0.1) is 11.1 Å². The molecule has 0 bridgehead atoms. The summed E-state index contributed by atoms with van der Waals surface area (Å²) in [6, 6.07) is 17.2. The van der Waals surface area contributed by atoms with Crippen LogP contribution < -0.4 is 4.74 Å². The Morgan fingerprint density at radius 2 is 1.77 bits per heavy atom. The number of aromatic nitrogens is 1. The molecule has 0 saturated carbocycles. The molecule has 1 heterocycles. The van der Waals surface area contributed by atoms with Crippen LogP contribution in [0.4, 0.5) is 0 Å². The number of fused-ring (bicyclic) bond motifs is 2. The highest BCUT2D eigenvalue weighted by molar-refractivity contribution is 6.36. The van der Waals surface area contributed by atoms with E-state index in [0.717, 1.165) is 21.7 Å². The number of aromatic hydroxyl groups is 1. The number of rotatable bonds is 3. The van der Waals surface area contributed by atoms with Crippen LogP contribution in [-0.2, 0) is 0 Å². The van der Waals surface area contributed by atoms with Crippen molar-refractivity contribution in [1.29, 1.82) is 0 Å². The third-order valence-electron chi connectivity index (χ3n) is 4.33. The third-order valence-corrected chi connectivity index (χ3v) is 4.64. The van der Waals surface area contributed by atoms with E-state index in [4.69, 9.17) is 16.3 Å². The number of halogens is 1. The fraction of sp³-hybridized carbons (Fsp3) is 0.136. The molecule has 130 valence electrons. The van der Waals surface area contributed by atoms with Gasteiger partial charge in [-0.3, -0.25) is 4.98 Å². The molecule has 3 nitrogen and oxygen atoms in total. The number of benzene rings is 3. The molecule has 26 heavy (non-hydrogen) atoms. The predicted octanol–water partition coefficient (Wildman–Crippen LogP) is 6.20. The number of hydrogen-bond acceptors (Lipinski definition) is 3. The first kappa shape index (κ1) is 16.7. The van der Waals surface area contributed by atoms with E-state index in [-0.39, 0.29) is 11.9 Å². The summed E-state index contributed by atoms with van der Waals surface area (Å²) in [6.45, 7) is 3.94. The molecule has 0 radical (unpaired) electrons. The maximum Gasteiger partial charge on any atom is 0.153 e. The zero-order chi connectivity index (χ0) is 18.3. The van der Waals surface area contributed by atoms with Crippen LogP contribution in [0.2, 0.25) is 5.02 Å². The lowest BCUT2D eigenvalue weighted by atomic mass is 9.95. The summed E-state index contributed by atoms with van der Waals surface area (Å²) in [6.07, 6.45) is 1.68. The number of nitrogens with zero attached hydrogens (tertiary/aromatic N) is 1. The van der Waals surface area contributed by atoms with Crippen molar-refractivity contribution in [2.24, 2.45) is 0 Å². The van der Waals surface area contributed by atoms with Gasteiger partial charge in [0.25, 0.3) is 0 Å². The van der Waals surface area contributed by atoms with Crippen molar-refractivity contribution in [3.63, 3.8) is 0 Å². The average molecular weight is 364 g/mol. The Balaban J connectivity index is 2.14. The normalized spacial score (nSPS) is 11.4. The van der Waals surface area contributed by atoms with E-state index >= 15 is 0 Å². The zero-order valence-electron chi connectivity index (χ0n) is 14.5. The van der Waals surface area contributed by atoms with Crippen molar-refractivity contribution in [2.45, 2.75) is 20.0 Å². The first-order valence-corrected chi connectivity index (χ1v) is 8.89. The Labute approximate surface area is 156 Å². The molecule has 3 aromatic carbocycles. The average Bonchev–Trinajstić information content (AvgIpc) is 2.64. The molecule has 4 rings (SSSR count). The molecule has 1 N–H and O–H groups in total. The van der Waals surface area contributed by atoms with Gasteiger partial charge in [-0.05, 0) is 48.9 Å². The highest BCUT2D eigenvalue weighted by Crippen LogP contribution is 2.45. The maximum absolute atomic E-state index is 10.7. The summed E-state index contributed by atoms with van der Waals surface area (Å²) in [5.41, 5.74) is 2.13. The van der Waals surface area contributed by atoms with Gasteiger partial charge < -0.3 is 9.84 Å². The molecule has 0 amide bonds. The van der Waals surface area contributed by atoms with Gasteiger partial charge in [-0.2, -0.15) is 0 Å². The summed E-state index contributed by atoms with van der Waals surface area (Å²) in [5.74, 6) is 0.815. The van der Waals surface area contributed by atoms with Crippen molar-refractivity contribution in [3.8, 4) is 22.6 Å². The lowest BCUT2D eigenvalue weighted by Crippen LogP contribution is -2.07. The second-order valence-corrected chi connectivity index (χ2v) is 6.89. The molecule has 0 aliphatic rings. The predicted molar refractivity (Wildman–Crippen MR) is 107 cm³/mol. The zero-order valence-corrected chi connectivity index (χ0v) is 15.3. The number of pyridine rings is 1. The van der Waals surface area contributed by atoms with Crippen molar-refractivity contribution in [2.75, 3.05) is 0 Å². The minimum Gasteiger partial charge on any atom is -0.507 e. The number of phenolic OH excluding ortho intramolecular Hbond substituents is 1. The molecule has 0 aliphatic carbocycles. The van der Waals surface area contributed by atoms with Gasteiger partial charge >= 0.3 is 0 Å². The molecule has 1 aromatic heterocycles. The van der Waals surface area contributed by atoms with Gasteiger partial charge in [0.2, 0.25) is 0 Å². The summed E-state index contributed by atoms with van der Waals surface area (Å²) in [4.78, 5) is 4.50. The van der Waals surface area contributed by atoms with Crippen LogP contribution in [0, 0.1) is 0 Å². The quantitative estimate of drug-likeness (QED) is 0.471. The number of hydrogen-bond donors (Lipinski definition) is 1. The third kappa shape index (κ3) is 2.74. The fourth-order valence-electron chi connectivity index (χ4n) is 3.26. The largest absolute Gasteiger partial charge is 0.507 e. The maximum atomic E-state index is 10.7. The van der Waals surface area contributed by atoms with E-state index < -0.39 is 0 Å². The SMILES string of the molecule is CC(C)Oc1c(-c2c(O)ccc3ccccc23)cc(Cl)c2cccnc12. The minimum atomic E-state index is -0.0442. The first-order valence-electron chi connectivity index (χ1n) is 8.51. The molecule has 0 spiro atoms. The van der Waals surface area contributed by atoms with Crippen molar-refractivity contribution >= 4 is 33.3 Å². The van der Waals surface area contributed by atoms with E-state index in [2.05, 4.69) is 4.98 Å². The van der Waals surface area contributed by atoms with Crippen LogP contribution in [0.3, 0.4) is 0 Å². The van der Waals surface area contributed by atoms with Crippen LogP contribution in [0.15, 0.2) is 60.8 Å². The number of phenols is 1. The van der Waals surface area contributed by atoms with Crippen LogP contribution in [0.5, 0.6) is 11.5 Å². The van der Waals surface area contributed by atoms with Crippen LogP contribution in [0.1, 0.15) is 13.8 Å². The highest BCUT2D eigenvalue weighted by atomic mass is 35.5. The summed E-state index contributed by atoms with van der Waals surface area (Å²) < 4.78 is 6.14. The molecule has 0 saturated heterocycles. The van der Waals surface area contributed by atoms with Gasteiger partial charge in [0.1, 0.15) is 11.3 Å². The Hall–Kier alpha value is -2.78. The fourth-order valence-corrected chi connectivity index (χ4v) is 3.52. The summed E-state index contributed by atoms with van der Waals surface area (Å²) >= 11 is 6.55. The Morgan fingerprint density at radius 3 is 2.58 bits per heavy atom. The van der Waals surface area contributed by atoms with E-state index in [1.807, 2.05) is 62.4 Å². The molecular formula is C22H18ClNO2. The first-order chi connectivity index (χ1) is 12.6. The van der Waals surface area contributed by atoms with Crippen molar-refractivity contribution < 1.29 is 9.84 Å². The second-order valence-electron chi connectivity index (χ2n) is 6.48. The lowest BCUT2D eigenvalue weighted by Gasteiger charge is -2.19. The van der Waals surface area contributed by atoms with Gasteiger partial charge in [-0.15, -0.1) is 0 Å². The summed E-state index contributed by atoms with van der Waals surface area (Å²) in [5, 5.41) is 14.0. The lowest BCUT2D eigenvalue weighted by molar-refractivity contribution is 0.246. The van der Waals surface area contributed by atoms with Crippen molar-refractivity contribution in [1.82, 2.24) is 4.98 Å². The van der Waals surface area contributed by atoms with Crippen LogP contribution in [-0.4, -0.2) is 16.2 Å². The molecule has 0 fully saturated rings. The molecule has 0 aliphatic heterocycles. The van der Waals surface area contributed by atoms with E-state index in [9.17, 15) is 5.11 Å². The van der Waals surface area contributed by atoms with Crippen molar-refractivity contribution in [3.05, 3.63) is 65.8 Å². The monoisotopic (exact) mass is 363 g/mol. The van der Waals surface area contributed by atoms with Gasteiger partial charge in [-0.25, -0.2) is 0 Å². The van der Waals surface area contributed by atoms with E-state index in [1.54, 1.807) is 12.3 Å². The Bertz CT molecular complexity index is 1120. The smallest absolute Gasteiger partial charge is 0.153 e. The Kier molecular flexibility index (Phi) is 4.17.